The molecule has 2 amide bonds. The third-order valence-electron chi connectivity index (χ3n) is 5.42. The number of nitrogens with one attached hydrogen (secondary N) is 2. The van der Waals surface area contributed by atoms with Crippen molar-refractivity contribution in [2.45, 2.75) is 19.1 Å². The molecule has 1 fully saturated rings. The van der Waals surface area contributed by atoms with Crippen molar-refractivity contribution in [1.82, 2.24) is 25.3 Å². The second-order valence-electron chi connectivity index (χ2n) is 8.16. The summed E-state index contributed by atoms with van der Waals surface area (Å²) in [7, 11) is -3.08. The van der Waals surface area contributed by atoms with Crippen molar-refractivity contribution in [3.05, 3.63) is 57.0 Å². The molecule has 38 heavy (non-hydrogen) atoms. The van der Waals surface area contributed by atoms with Crippen LogP contribution < -0.4 is 15.5 Å². The molecule has 1 atom stereocenters. The van der Waals surface area contributed by atoms with Gasteiger partial charge in [0.25, 0.3) is 11.8 Å². The number of anilines is 2. The average Bonchev–Trinajstić information content (AvgIpc) is 3.35. The number of nitrogens with zero attached hydrogens (tertiary/aromatic N) is 5. The van der Waals surface area contributed by atoms with Crippen LogP contribution in [0.4, 0.5) is 24.8 Å². The summed E-state index contributed by atoms with van der Waals surface area (Å²) in [4.78, 5) is 43.0. The molecule has 4 heterocycles. The lowest BCUT2D eigenvalue weighted by atomic mass is 10.2. The van der Waals surface area contributed by atoms with Crippen molar-refractivity contribution in [1.29, 1.82) is 0 Å². The summed E-state index contributed by atoms with van der Waals surface area (Å²) < 4.78 is 62.5. The Morgan fingerprint density at radius 2 is 1.79 bits per heavy atom. The lowest BCUT2D eigenvalue weighted by molar-refractivity contribution is -0.137. The van der Waals surface area contributed by atoms with Gasteiger partial charge in [-0.2, -0.15) is 13.2 Å². The molecule has 0 saturated carbocycles. The summed E-state index contributed by atoms with van der Waals surface area (Å²) in [5, 5.41) is 4.75. The fraction of sp³-hybridized carbons (Fsp3) is 0.333. The SMILES string of the molecule is C[C@@H](NC(=O)c1cc(N2CCS(=O)(=O)CC2)ncn1)c1ncc(C(=O)Nc2cc(C(F)(F)F)c(Cl)cn2)s1. The summed E-state index contributed by atoms with van der Waals surface area (Å²) in [6, 6.07) is 1.44. The Balaban J connectivity index is 1.39. The van der Waals surface area contributed by atoms with Crippen molar-refractivity contribution in [2.75, 3.05) is 34.8 Å². The van der Waals surface area contributed by atoms with Gasteiger partial charge in [-0.3, -0.25) is 9.59 Å². The van der Waals surface area contributed by atoms with E-state index in [-0.39, 0.29) is 41.0 Å². The first-order valence-corrected chi connectivity index (χ1v) is 13.9. The van der Waals surface area contributed by atoms with Gasteiger partial charge < -0.3 is 15.5 Å². The minimum Gasteiger partial charge on any atom is -0.354 e. The Labute approximate surface area is 223 Å². The average molecular weight is 590 g/mol. The molecule has 4 rings (SSSR count). The zero-order valence-electron chi connectivity index (χ0n) is 19.5. The maximum absolute atomic E-state index is 13.1. The number of rotatable bonds is 6. The van der Waals surface area contributed by atoms with Crippen LogP contribution in [-0.4, -0.2) is 64.8 Å². The first-order valence-electron chi connectivity index (χ1n) is 10.9. The number of sulfone groups is 1. The highest BCUT2D eigenvalue weighted by molar-refractivity contribution is 7.91. The summed E-state index contributed by atoms with van der Waals surface area (Å²) in [5.74, 6) is -1.21. The number of pyridine rings is 1. The highest BCUT2D eigenvalue weighted by Crippen LogP contribution is 2.35. The van der Waals surface area contributed by atoms with Crippen molar-refractivity contribution in [3.8, 4) is 0 Å². The molecule has 17 heteroatoms. The van der Waals surface area contributed by atoms with Crippen molar-refractivity contribution >= 4 is 56.2 Å². The van der Waals surface area contributed by atoms with E-state index in [1.54, 1.807) is 11.8 Å². The fourth-order valence-corrected chi connectivity index (χ4v) is 5.64. The van der Waals surface area contributed by atoms with Crippen molar-refractivity contribution in [2.24, 2.45) is 0 Å². The van der Waals surface area contributed by atoms with Gasteiger partial charge in [-0.05, 0) is 13.0 Å². The van der Waals surface area contributed by atoms with Gasteiger partial charge in [-0.1, -0.05) is 11.6 Å². The first-order chi connectivity index (χ1) is 17.8. The number of thiazole rings is 1. The zero-order chi connectivity index (χ0) is 27.7. The number of amides is 2. The molecule has 0 bridgehead atoms. The molecule has 11 nitrogen and oxygen atoms in total. The van der Waals surface area contributed by atoms with Gasteiger partial charge in [0.05, 0.1) is 34.3 Å². The molecular weight excluding hydrogens is 571 g/mol. The lowest BCUT2D eigenvalue weighted by Crippen LogP contribution is -2.40. The summed E-state index contributed by atoms with van der Waals surface area (Å²) >= 11 is 6.48. The smallest absolute Gasteiger partial charge is 0.354 e. The van der Waals surface area contributed by atoms with Crippen molar-refractivity contribution in [3.63, 3.8) is 0 Å². The topological polar surface area (TPSA) is 147 Å². The molecule has 0 radical (unpaired) electrons. The van der Waals surface area contributed by atoms with E-state index in [1.165, 1.54) is 18.6 Å². The van der Waals surface area contributed by atoms with Crippen LogP contribution in [0, 0.1) is 0 Å². The molecular formula is C21H19ClF3N7O4S2. The lowest BCUT2D eigenvalue weighted by Gasteiger charge is -2.27. The van der Waals surface area contributed by atoms with E-state index < -0.39 is 44.5 Å². The number of aromatic nitrogens is 4. The molecule has 3 aromatic rings. The molecule has 3 aromatic heterocycles. The Bertz CT molecular complexity index is 1470. The molecule has 202 valence electrons. The van der Waals surface area contributed by atoms with E-state index in [1.807, 2.05) is 0 Å². The van der Waals surface area contributed by atoms with E-state index in [9.17, 15) is 31.2 Å². The molecule has 0 aliphatic carbocycles. The Kier molecular flexibility index (Phi) is 7.85. The number of hydrogen-bond acceptors (Lipinski definition) is 10. The normalized spacial score (nSPS) is 16.1. The predicted molar refractivity (Wildman–Crippen MR) is 133 cm³/mol. The van der Waals surface area contributed by atoms with Crippen LogP contribution in [-0.2, 0) is 16.0 Å². The van der Waals surface area contributed by atoms with Crippen LogP contribution in [0.3, 0.4) is 0 Å². The van der Waals surface area contributed by atoms with Crippen LogP contribution in [0.5, 0.6) is 0 Å². The molecule has 1 aliphatic heterocycles. The first kappa shape index (κ1) is 27.7. The summed E-state index contributed by atoms with van der Waals surface area (Å²) in [6.45, 7) is 2.14. The van der Waals surface area contributed by atoms with Gasteiger partial charge in [0.15, 0.2) is 9.84 Å². The number of hydrogen-bond donors (Lipinski definition) is 2. The standard InChI is InChI=1S/C21H19ClF3N7O4S2/c1-11(30-18(33)14-7-17(29-10-28-14)32-2-4-38(35,36)5-3-32)20-27-9-15(37-20)19(34)31-16-6-12(21(23,24)25)13(22)8-26-16/h6-11H,2-5H2,1H3,(H,30,33)(H,26,31,34)/t11-/m1/s1. The van der Waals surface area contributed by atoms with E-state index in [0.717, 1.165) is 17.5 Å². The zero-order valence-corrected chi connectivity index (χ0v) is 21.9. The molecule has 0 aromatic carbocycles. The van der Waals surface area contributed by atoms with Gasteiger partial charge in [-0.25, -0.2) is 28.4 Å². The number of halogens is 4. The predicted octanol–water partition coefficient (Wildman–Crippen LogP) is 2.98. The molecule has 1 aliphatic rings. The number of carbonyl (C=O) groups excluding carboxylic acids is 2. The van der Waals surface area contributed by atoms with Crippen LogP contribution in [0.1, 0.15) is 43.7 Å². The van der Waals surface area contributed by atoms with Crippen LogP contribution >= 0.6 is 22.9 Å². The van der Waals surface area contributed by atoms with Crippen LogP contribution in [0.2, 0.25) is 5.02 Å². The molecule has 2 N–H and O–H groups in total. The maximum Gasteiger partial charge on any atom is 0.418 e. The summed E-state index contributed by atoms with van der Waals surface area (Å²) in [6.07, 6.45) is -1.49. The van der Waals surface area contributed by atoms with E-state index in [2.05, 4.69) is 30.6 Å². The Hall–Kier alpha value is -3.37. The Morgan fingerprint density at radius 1 is 1.08 bits per heavy atom. The highest BCUT2D eigenvalue weighted by Gasteiger charge is 2.34. The third-order valence-corrected chi connectivity index (χ3v) is 8.51. The van der Waals surface area contributed by atoms with Crippen LogP contribution in [0.25, 0.3) is 0 Å². The largest absolute Gasteiger partial charge is 0.418 e. The van der Waals surface area contributed by atoms with Gasteiger partial charge in [0, 0.05) is 25.4 Å². The minimum atomic E-state index is -4.72. The molecule has 0 unspecified atom stereocenters. The van der Waals surface area contributed by atoms with E-state index in [0.29, 0.717) is 16.9 Å². The third kappa shape index (κ3) is 6.54. The fourth-order valence-electron chi connectivity index (χ4n) is 3.41. The summed E-state index contributed by atoms with van der Waals surface area (Å²) in [5.41, 5.74) is -1.08. The van der Waals surface area contributed by atoms with E-state index >= 15 is 0 Å². The minimum absolute atomic E-state index is 0.00685. The Morgan fingerprint density at radius 3 is 2.47 bits per heavy atom. The maximum atomic E-state index is 13.1. The van der Waals surface area contributed by atoms with Gasteiger partial charge in [-0.15, -0.1) is 11.3 Å². The second kappa shape index (κ2) is 10.8. The highest BCUT2D eigenvalue weighted by atomic mass is 35.5. The number of alkyl halides is 3. The van der Waals surface area contributed by atoms with E-state index in [4.69, 9.17) is 11.6 Å². The van der Waals surface area contributed by atoms with Gasteiger partial charge in [0.2, 0.25) is 0 Å². The van der Waals surface area contributed by atoms with Gasteiger partial charge >= 0.3 is 6.18 Å². The van der Waals surface area contributed by atoms with Crippen LogP contribution in [0.15, 0.2) is 30.9 Å². The molecule has 1 saturated heterocycles. The number of carbonyl (C=O) groups is 2. The van der Waals surface area contributed by atoms with Gasteiger partial charge in [0.1, 0.15) is 33.5 Å². The molecule has 0 spiro atoms. The second-order valence-corrected chi connectivity index (χ2v) is 11.9. The monoisotopic (exact) mass is 589 g/mol. The quantitative estimate of drug-likeness (QED) is 0.443. The van der Waals surface area contributed by atoms with Crippen molar-refractivity contribution < 1.29 is 31.2 Å².